The minimum Gasteiger partial charge on any atom is -0.439 e. The maximum absolute atomic E-state index is 5.71. The number of aromatic nitrogens is 3. The molecule has 0 unspecified atom stereocenters. The Kier molecular flexibility index (Phi) is 3.89. The van der Waals surface area contributed by atoms with Crippen LogP contribution in [0.2, 0.25) is 0 Å². The van der Waals surface area contributed by atoms with Gasteiger partial charge in [-0.3, -0.25) is 4.68 Å². The molecule has 2 heterocycles. The number of nitrogens with one attached hydrogen (secondary N) is 1. The second-order valence-electron chi connectivity index (χ2n) is 4.43. The van der Waals surface area contributed by atoms with Gasteiger partial charge in [0.1, 0.15) is 0 Å². The molecular formula is C15H16N4O. The predicted molar refractivity (Wildman–Crippen MR) is 75.9 cm³/mol. The van der Waals surface area contributed by atoms with E-state index >= 15 is 0 Å². The van der Waals surface area contributed by atoms with Crippen molar-refractivity contribution in [1.82, 2.24) is 20.1 Å². The molecule has 0 fully saturated rings. The van der Waals surface area contributed by atoms with E-state index in [-0.39, 0.29) is 0 Å². The highest BCUT2D eigenvalue weighted by atomic mass is 16.4. The molecule has 1 N–H and O–H groups in total. The summed E-state index contributed by atoms with van der Waals surface area (Å²) in [5, 5.41) is 7.43. The molecule has 0 bridgehead atoms. The lowest BCUT2D eigenvalue weighted by Crippen LogP contribution is -2.19. The van der Waals surface area contributed by atoms with E-state index in [9.17, 15) is 0 Å². The van der Waals surface area contributed by atoms with Gasteiger partial charge in [-0.25, -0.2) is 4.98 Å². The highest BCUT2D eigenvalue weighted by Crippen LogP contribution is 2.19. The van der Waals surface area contributed by atoms with Crippen molar-refractivity contribution >= 4 is 0 Å². The summed E-state index contributed by atoms with van der Waals surface area (Å²) in [7, 11) is 0. The maximum atomic E-state index is 5.71. The third-order valence-corrected chi connectivity index (χ3v) is 2.96. The van der Waals surface area contributed by atoms with Crippen molar-refractivity contribution in [2.75, 3.05) is 6.54 Å². The van der Waals surface area contributed by atoms with Gasteiger partial charge in [0.15, 0.2) is 5.76 Å². The van der Waals surface area contributed by atoms with Crippen molar-refractivity contribution in [1.29, 1.82) is 0 Å². The minimum atomic E-state index is 0.619. The fraction of sp³-hybridized carbons (Fsp3) is 0.200. The van der Waals surface area contributed by atoms with Crippen molar-refractivity contribution in [3.63, 3.8) is 0 Å². The van der Waals surface area contributed by atoms with Crippen LogP contribution in [0.1, 0.15) is 5.89 Å². The molecule has 0 saturated heterocycles. The van der Waals surface area contributed by atoms with Gasteiger partial charge in [0, 0.05) is 24.5 Å². The molecule has 5 heteroatoms. The molecule has 0 aliphatic rings. The quantitative estimate of drug-likeness (QED) is 0.697. The number of benzene rings is 1. The monoisotopic (exact) mass is 268 g/mol. The lowest BCUT2D eigenvalue weighted by atomic mass is 10.2. The lowest BCUT2D eigenvalue weighted by Gasteiger charge is -2.02. The standard InChI is InChI=1S/C15H16N4O/c1-2-5-13(6-3-1)14-11-17-15(20-14)12-16-8-10-19-9-4-7-18-19/h1-7,9,11,16H,8,10,12H2. The molecule has 0 radical (unpaired) electrons. The van der Waals surface area contributed by atoms with Gasteiger partial charge in [0.05, 0.1) is 19.3 Å². The second kappa shape index (κ2) is 6.16. The Bertz CT molecular complexity index is 631. The molecule has 0 amide bonds. The van der Waals surface area contributed by atoms with Crippen LogP contribution in [-0.2, 0) is 13.1 Å². The van der Waals surface area contributed by atoms with Gasteiger partial charge in [0.25, 0.3) is 0 Å². The Hall–Kier alpha value is -2.40. The molecule has 20 heavy (non-hydrogen) atoms. The third-order valence-electron chi connectivity index (χ3n) is 2.96. The first-order chi connectivity index (χ1) is 9.92. The fourth-order valence-electron chi connectivity index (χ4n) is 1.95. The first-order valence-corrected chi connectivity index (χ1v) is 6.60. The molecule has 3 aromatic rings. The smallest absolute Gasteiger partial charge is 0.208 e. The van der Waals surface area contributed by atoms with Crippen LogP contribution in [0.4, 0.5) is 0 Å². The summed E-state index contributed by atoms with van der Waals surface area (Å²) in [6, 6.07) is 11.9. The van der Waals surface area contributed by atoms with Crippen LogP contribution in [0.25, 0.3) is 11.3 Å². The summed E-state index contributed by atoms with van der Waals surface area (Å²) in [6.45, 7) is 2.28. The molecule has 2 aromatic heterocycles. The van der Waals surface area contributed by atoms with Crippen LogP contribution >= 0.6 is 0 Å². The number of hydrogen-bond donors (Lipinski definition) is 1. The molecule has 0 aliphatic heterocycles. The van der Waals surface area contributed by atoms with E-state index < -0.39 is 0 Å². The Morgan fingerprint density at radius 3 is 2.85 bits per heavy atom. The van der Waals surface area contributed by atoms with Gasteiger partial charge >= 0.3 is 0 Å². The molecular weight excluding hydrogens is 252 g/mol. The minimum absolute atomic E-state index is 0.619. The summed E-state index contributed by atoms with van der Waals surface area (Å²) < 4.78 is 7.60. The molecule has 1 aromatic carbocycles. The van der Waals surface area contributed by atoms with Crippen LogP contribution in [0.5, 0.6) is 0 Å². The van der Waals surface area contributed by atoms with E-state index in [1.54, 1.807) is 12.4 Å². The van der Waals surface area contributed by atoms with Crippen molar-refractivity contribution in [2.24, 2.45) is 0 Å². The van der Waals surface area contributed by atoms with Gasteiger partial charge in [-0.1, -0.05) is 30.3 Å². The van der Waals surface area contributed by atoms with E-state index in [2.05, 4.69) is 15.4 Å². The maximum Gasteiger partial charge on any atom is 0.208 e. The van der Waals surface area contributed by atoms with Crippen molar-refractivity contribution in [3.05, 3.63) is 60.9 Å². The van der Waals surface area contributed by atoms with Crippen LogP contribution in [0.15, 0.2) is 59.4 Å². The molecule has 0 saturated carbocycles. The molecule has 5 nitrogen and oxygen atoms in total. The second-order valence-corrected chi connectivity index (χ2v) is 4.43. The third kappa shape index (κ3) is 3.13. The zero-order valence-electron chi connectivity index (χ0n) is 11.1. The molecule has 3 rings (SSSR count). The Morgan fingerprint density at radius 1 is 1.15 bits per heavy atom. The number of nitrogens with zero attached hydrogens (tertiary/aromatic N) is 3. The van der Waals surface area contributed by atoms with Gasteiger partial charge in [-0.05, 0) is 6.07 Å². The first kappa shape index (κ1) is 12.6. The average molecular weight is 268 g/mol. The normalized spacial score (nSPS) is 10.8. The van der Waals surface area contributed by atoms with Gasteiger partial charge in [-0.15, -0.1) is 0 Å². The summed E-state index contributed by atoms with van der Waals surface area (Å²) in [5.41, 5.74) is 1.04. The van der Waals surface area contributed by atoms with Crippen molar-refractivity contribution in [3.8, 4) is 11.3 Å². The Morgan fingerprint density at radius 2 is 2.05 bits per heavy atom. The van der Waals surface area contributed by atoms with Crippen LogP contribution in [0, 0.1) is 0 Å². The van der Waals surface area contributed by atoms with E-state index in [1.807, 2.05) is 47.3 Å². The zero-order valence-corrected chi connectivity index (χ0v) is 11.1. The first-order valence-electron chi connectivity index (χ1n) is 6.60. The number of hydrogen-bond acceptors (Lipinski definition) is 4. The molecule has 0 atom stereocenters. The number of oxazole rings is 1. The number of rotatable bonds is 6. The lowest BCUT2D eigenvalue weighted by molar-refractivity contribution is 0.464. The zero-order chi connectivity index (χ0) is 13.6. The van der Waals surface area contributed by atoms with Gasteiger partial charge in [-0.2, -0.15) is 5.10 Å². The van der Waals surface area contributed by atoms with Crippen LogP contribution in [0.3, 0.4) is 0 Å². The Labute approximate surface area is 117 Å². The summed E-state index contributed by atoms with van der Waals surface area (Å²) in [6.07, 6.45) is 5.49. The average Bonchev–Trinajstić information content (AvgIpc) is 3.16. The van der Waals surface area contributed by atoms with Crippen LogP contribution in [-0.4, -0.2) is 21.3 Å². The van der Waals surface area contributed by atoms with E-state index in [0.717, 1.165) is 24.4 Å². The van der Waals surface area contributed by atoms with Gasteiger partial charge in [0.2, 0.25) is 5.89 Å². The van der Waals surface area contributed by atoms with E-state index in [0.29, 0.717) is 12.4 Å². The summed E-state index contributed by atoms with van der Waals surface area (Å²) in [5.74, 6) is 1.50. The molecule has 0 aliphatic carbocycles. The predicted octanol–water partition coefficient (Wildman–Crippen LogP) is 2.33. The fourth-order valence-corrected chi connectivity index (χ4v) is 1.95. The topological polar surface area (TPSA) is 55.9 Å². The van der Waals surface area contributed by atoms with E-state index in [4.69, 9.17) is 4.42 Å². The summed E-state index contributed by atoms with van der Waals surface area (Å²) in [4.78, 5) is 4.28. The van der Waals surface area contributed by atoms with E-state index in [1.165, 1.54) is 0 Å². The molecule has 102 valence electrons. The molecule has 0 spiro atoms. The Balaban J connectivity index is 1.50. The SMILES string of the molecule is c1ccc(-c2cnc(CNCCn3cccn3)o2)cc1. The van der Waals surface area contributed by atoms with Crippen molar-refractivity contribution < 1.29 is 4.42 Å². The summed E-state index contributed by atoms with van der Waals surface area (Å²) >= 11 is 0. The highest BCUT2D eigenvalue weighted by molar-refractivity contribution is 5.55. The highest BCUT2D eigenvalue weighted by Gasteiger charge is 2.05. The van der Waals surface area contributed by atoms with Crippen LogP contribution < -0.4 is 5.32 Å². The largest absolute Gasteiger partial charge is 0.439 e. The van der Waals surface area contributed by atoms with Gasteiger partial charge < -0.3 is 9.73 Å². The van der Waals surface area contributed by atoms with Crippen molar-refractivity contribution in [2.45, 2.75) is 13.1 Å².